The second-order valence-corrected chi connectivity index (χ2v) is 5.00. The third kappa shape index (κ3) is 5.02. The molecule has 0 aromatic heterocycles. The zero-order valence-electron chi connectivity index (χ0n) is 11.0. The summed E-state index contributed by atoms with van der Waals surface area (Å²) in [5.74, 6) is 0.00491. The highest BCUT2D eigenvalue weighted by Crippen LogP contribution is 2.07. The minimum absolute atomic E-state index is 0.00491. The van der Waals surface area contributed by atoms with Crippen molar-refractivity contribution in [3.63, 3.8) is 0 Å². The van der Waals surface area contributed by atoms with Crippen LogP contribution in [0.5, 0.6) is 0 Å². The van der Waals surface area contributed by atoms with E-state index in [9.17, 15) is 9.90 Å². The Morgan fingerprint density at radius 1 is 1.47 bits per heavy atom. The summed E-state index contributed by atoms with van der Waals surface area (Å²) in [4.78, 5) is 14.0. The first-order valence-electron chi connectivity index (χ1n) is 6.44. The van der Waals surface area contributed by atoms with E-state index in [2.05, 4.69) is 15.5 Å². The number of amides is 1. The van der Waals surface area contributed by atoms with E-state index >= 15 is 0 Å². The lowest BCUT2D eigenvalue weighted by atomic mass is 10.0. The number of carbonyl (C=O) groups excluding carboxylic acids is 1. The Kier molecular flexibility index (Phi) is 5.88. The predicted molar refractivity (Wildman–Crippen MR) is 67.9 cm³/mol. The second-order valence-electron chi connectivity index (χ2n) is 5.00. The Balaban J connectivity index is 2.37. The molecule has 0 radical (unpaired) electrons. The third-order valence-electron chi connectivity index (χ3n) is 3.37. The zero-order valence-corrected chi connectivity index (χ0v) is 11.0. The Labute approximate surface area is 104 Å². The molecule has 0 aromatic rings. The van der Waals surface area contributed by atoms with Gasteiger partial charge in [-0.3, -0.25) is 9.69 Å². The first kappa shape index (κ1) is 14.4. The summed E-state index contributed by atoms with van der Waals surface area (Å²) >= 11 is 0. The normalized spacial score (nSPS) is 21.6. The van der Waals surface area contributed by atoms with Crippen LogP contribution in [0.25, 0.3) is 0 Å². The lowest BCUT2D eigenvalue weighted by molar-refractivity contribution is -0.124. The van der Waals surface area contributed by atoms with Gasteiger partial charge < -0.3 is 15.7 Å². The van der Waals surface area contributed by atoms with Gasteiger partial charge in [0.15, 0.2) is 0 Å². The van der Waals surface area contributed by atoms with Crippen LogP contribution in [0.15, 0.2) is 0 Å². The fraction of sp³-hybridized carbons (Fsp3) is 0.917. The fourth-order valence-electron chi connectivity index (χ4n) is 1.88. The summed E-state index contributed by atoms with van der Waals surface area (Å²) in [6.45, 7) is 8.09. The summed E-state index contributed by atoms with van der Waals surface area (Å²) in [5, 5.41) is 15.5. The van der Waals surface area contributed by atoms with Gasteiger partial charge >= 0.3 is 0 Å². The monoisotopic (exact) mass is 243 g/mol. The predicted octanol–water partition coefficient (Wildman–Crippen LogP) is -0.441. The van der Waals surface area contributed by atoms with E-state index in [1.54, 1.807) is 0 Å². The van der Waals surface area contributed by atoms with Crippen LogP contribution in [-0.2, 0) is 4.79 Å². The molecule has 3 N–H and O–H groups in total. The van der Waals surface area contributed by atoms with E-state index in [1.807, 2.05) is 13.8 Å². The molecule has 1 amide bonds. The van der Waals surface area contributed by atoms with Crippen molar-refractivity contribution in [3.05, 3.63) is 0 Å². The van der Waals surface area contributed by atoms with Crippen LogP contribution in [0.4, 0.5) is 0 Å². The van der Waals surface area contributed by atoms with Crippen LogP contribution < -0.4 is 10.6 Å². The van der Waals surface area contributed by atoms with Gasteiger partial charge in [0.25, 0.3) is 0 Å². The summed E-state index contributed by atoms with van der Waals surface area (Å²) in [6.07, 6.45) is 1.81. The molecular weight excluding hydrogens is 218 g/mol. The Morgan fingerprint density at radius 2 is 2.24 bits per heavy atom. The van der Waals surface area contributed by atoms with Gasteiger partial charge in [-0.05, 0) is 32.9 Å². The van der Waals surface area contributed by atoms with Gasteiger partial charge in [0.2, 0.25) is 5.91 Å². The highest BCUT2D eigenvalue weighted by molar-refractivity contribution is 5.78. The van der Waals surface area contributed by atoms with Crippen molar-refractivity contribution < 1.29 is 9.90 Å². The van der Waals surface area contributed by atoms with E-state index in [1.165, 1.54) is 0 Å². The van der Waals surface area contributed by atoms with Crippen molar-refractivity contribution in [1.82, 2.24) is 15.5 Å². The topological polar surface area (TPSA) is 64.6 Å². The van der Waals surface area contributed by atoms with E-state index in [0.717, 1.165) is 39.0 Å². The molecule has 1 unspecified atom stereocenters. The molecule has 0 spiro atoms. The van der Waals surface area contributed by atoms with E-state index in [0.29, 0.717) is 6.54 Å². The third-order valence-corrected chi connectivity index (χ3v) is 3.37. The summed E-state index contributed by atoms with van der Waals surface area (Å²) in [7, 11) is 0. The lowest BCUT2D eigenvalue weighted by Crippen LogP contribution is -2.51. The fourth-order valence-corrected chi connectivity index (χ4v) is 1.88. The van der Waals surface area contributed by atoms with Gasteiger partial charge in [0.05, 0.1) is 18.7 Å². The van der Waals surface area contributed by atoms with Crippen molar-refractivity contribution >= 4 is 5.91 Å². The molecule has 1 rings (SSSR count). The minimum Gasteiger partial charge on any atom is -0.394 e. The summed E-state index contributed by atoms with van der Waals surface area (Å²) in [6, 6.07) is 0. The molecule has 1 aliphatic rings. The number of rotatable bonds is 5. The van der Waals surface area contributed by atoms with E-state index < -0.39 is 5.54 Å². The Bertz CT molecular complexity index is 234. The van der Waals surface area contributed by atoms with Crippen LogP contribution >= 0.6 is 0 Å². The number of aliphatic hydroxyl groups is 1. The van der Waals surface area contributed by atoms with Crippen LogP contribution in [0.3, 0.4) is 0 Å². The average Bonchev–Trinajstić information content (AvgIpc) is 2.57. The van der Waals surface area contributed by atoms with Gasteiger partial charge in [-0.1, -0.05) is 6.92 Å². The number of aliphatic hydroxyl groups excluding tert-OH is 1. The molecule has 1 atom stereocenters. The quantitative estimate of drug-likeness (QED) is 0.612. The number of hydrogen-bond donors (Lipinski definition) is 3. The first-order valence-corrected chi connectivity index (χ1v) is 6.44. The highest BCUT2D eigenvalue weighted by Gasteiger charge is 2.24. The number of nitrogens with one attached hydrogen (secondary N) is 2. The molecule has 5 heteroatoms. The summed E-state index contributed by atoms with van der Waals surface area (Å²) in [5.41, 5.74) is -0.485. The molecule has 100 valence electrons. The SMILES string of the molecule is CCC(C)(CO)NC(=O)CN1CCCNCC1. The molecule has 5 nitrogen and oxygen atoms in total. The van der Waals surface area contributed by atoms with Gasteiger partial charge in [-0.15, -0.1) is 0 Å². The van der Waals surface area contributed by atoms with Crippen molar-refractivity contribution in [2.45, 2.75) is 32.2 Å². The van der Waals surface area contributed by atoms with Crippen LogP contribution in [0.1, 0.15) is 26.7 Å². The molecule has 17 heavy (non-hydrogen) atoms. The molecule has 0 aliphatic carbocycles. The molecule has 1 heterocycles. The van der Waals surface area contributed by atoms with Gasteiger partial charge in [-0.2, -0.15) is 0 Å². The summed E-state index contributed by atoms with van der Waals surface area (Å²) < 4.78 is 0. The Hall–Kier alpha value is -0.650. The zero-order chi connectivity index (χ0) is 12.7. The number of hydrogen-bond acceptors (Lipinski definition) is 4. The highest BCUT2D eigenvalue weighted by atomic mass is 16.3. The number of carbonyl (C=O) groups is 1. The molecule has 0 aromatic carbocycles. The van der Waals surface area contributed by atoms with Gasteiger partial charge in [0.1, 0.15) is 0 Å². The molecule has 1 aliphatic heterocycles. The Morgan fingerprint density at radius 3 is 2.88 bits per heavy atom. The van der Waals surface area contributed by atoms with E-state index in [4.69, 9.17) is 0 Å². The first-order chi connectivity index (χ1) is 8.09. The van der Waals surface area contributed by atoms with Gasteiger partial charge in [-0.25, -0.2) is 0 Å². The molecular formula is C12H25N3O2. The van der Waals surface area contributed by atoms with Crippen molar-refractivity contribution in [1.29, 1.82) is 0 Å². The van der Waals surface area contributed by atoms with Crippen molar-refractivity contribution in [3.8, 4) is 0 Å². The van der Waals surface area contributed by atoms with Crippen molar-refractivity contribution in [2.75, 3.05) is 39.3 Å². The van der Waals surface area contributed by atoms with Crippen LogP contribution in [0.2, 0.25) is 0 Å². The average molecular weight is 243 g/mol. The maximum Gasteiger partial charge on any atom is 0.234 e. The van der Waals surface area contributed by atoms with Gasteiger partial charge in [0, 0.05) is 13.1 Å². The minimum atomic E-state index is -0.485. The smallest absolute Gasteiger partial charge is 0.234 e. The molecule has 0 bridgehead atoms. The van der Waals surface area contributed by atoms with Crippen LogP contribution in [-0.4, -0.2) is 60.8 Å². The van der Waals surface area contributed by atoms with Crippen molar-refractivity contribution in [2.24, 2.45) is 0 Å². The second kappa shape index (κ2) is 6.93. The van der Waals surface area contributed by atoms with E-state index in [-0.39, 0.29) is 12.5 Å². The largest absolute Gasteiger partial charge is 0.394 e. The molecule has 1 fully saturated rings. The standard InChI is InChI=1S/C12H25N3O2/c1-3-12(2,10-16)14-11(17)9-15-7-4-5-13-6-8-15/h13,16H,3-10H2,1-2H3,(H,14,17). The van der Waals surface area contributed by atoms with Crippen LogP contribution in [0, 0.1) is 0 Å². The molecule has 1 saturated heterocycles. The number of nitrogens with zero attached hydrogens (tertiary/aromatic N) is 1. The molecule has 0 saturated carbocycles. The maximum atomic E-state index is 11.9. The maximum absolute atomic E-state index is 11.9. The lowest BCUT2D eigenvalue weighted by Gasteiger charge is -2.29.